The topological polar surface area (TPSA) is 29.5 Å². The van der Waals surface area contributed by atoms with Crippen LogP contribution in [0.2, 0.25) is 0 Å². The highest BCUT2D eigenvalue weighted by molar-refractivity contribution is 5.38. The first-order valence-electron chi connectivity index (χ1n) is 6.78. The lowest BCUT2D eigenvalue weighted by Gasteiger charge is -2.12. The Morgan fingerprint density at radius 3 is 2.32 bits per heavy atom. The summed E-state index contributed by atoms with van der Waals surface area (Å²) < 4.78 is 5.89. The molecule has 1 N–H and O–H groups in total. The van der Waals surface area contributed by atoms with Gasteiger partial charge in [-0.25, -0.2) is 0 Å². The number of aryl methyl sites for hydroxylation is 1. The Bertz CT molecular complexity index is 517. The molecule has 0 bridgehead atoms. The Kier molecular flexibility index (Phi) is 4.58. The molecule has 0 saturated heterocycles. The van der Waals surface area contributed by atoms with E-state index in [0.717, 1.165) is 29.9 Å². The van der Waals surface area contributed by atoms with Crippen LogP contribution >= 0.6 is 0 Å². The van der Waals surface area contributed by atoms with Gasteiger partial charge in [-0.2, -0.15) is 0 Å². The van der Waals surface area contributed by atoms with Crippen LogP contribution in [0.3, 0.4) is 0 Å². The molecule has 0 aliphatic carbocycles. The highest BCUT2D eigenvalue weighted by Crippen LogP contribution is 2.27. The van der Waals surface area contributed by atoms with Crippen molar-refractivity contribution in [1.82, 2.24) is 0 Å². The summed E-state index contributed by atoms with van der Waals surface area (Å²) in [6, 6.07) is 15.7. The van der Waals surface area contributed by atoms with Gasteiger partial charge in [-0.05, 0) is 42.2 Å². The van der Waals surface area contributed by atoms with Gasteiger partial charge in [-0.15, -0.1) is 0 Å². The van der Waals surface area contributed by atoms with Gasteiger partial charge in [-0.3, -0.25) is 0 Å². The molecule has 2 aromatic carbocycles. The van der Waals surface area contributed by atoms with Gasteiger partial charge in [0.05, 0.1) is 6.10 Å². The molecule has 2 nitrogen and oxygen atoms in total. The molecule has 2 heteroatoms. The zero-order valence-electron chi connectivity index (χ0n) is 11.5. The van der Waals surface area contributed by atoms with Gasteiger partial charge < -0.3 is 9.84 Å². The zero-order chi connectivity index (χ0) is 13.7. The van der Waals surface area contributed by atoms with Crippen LogP contribution in [-0.4, -0.2) is 5.11 Å². The largest absolute Gasteiger partial charge is 0.457 e. The number of hydrogen-bond acceptors (Lipinski definition) is 2. The predicted molar refractivity (Wildman–Crippen MR) is 77.6 cm³/mol. The van der Waals surface area contributed by atoms with Crippen LogP contribution < -0.4 is 4.74 Å². The summed E-state index contributed by atoms with van der Waals surface area (Å²) >= 11 is 0. The van der Waals surface area contributed by atoms with E-state index in [2.05, 4.69) is 13.0 Å². The van der Waals surface area contributed by atoms with Crippen LogP contribution in [0, 0.1) is 0 Å². The SMILES string of the molecule is CCc1ccccc1Oc1ccc([C@H](O)CC)cc1. The third-order valence-electron chi connectivity index (χ3n) is 3.23. The molecule has 0 amide bonds. The van der Waals surface area contributed by atoms with Crippen molar-refractivity contribution >= 4 is 0 Å². The Balaban J connectivity index is 2.15. The molecule has 0 fully saturated rings. The van der Waals surface area contributed by atoms with Crippen LogP contribution in [-0.2, 0) is 6.42 Å². The molecule has 0 unspecified atom stereocenters. The summed E-state index contributed by atoms with van der Waals surface area (Å²) in [5, 5.41) is 9.75. The van der Waals surface area contributed by atoms with Gasteiger partial charge in [0.25, 0.3) is 0 Å². The second-order valence-electron chi connectivity index (χ2n) is 4.56. The first-order valence-corrected chi connectivity index (χ1v) is 6.78. The molecule has 19 heavy (non-hydrogen) atoms. The van der Waals surface area contributed by atoms with E-state index < -0.39 is 6.10 Å². The third-order valence-corrected chi connectivity index (χ3v) is 3.23. The molecule has 0 saturated carbocycles. The van der Waals surface area contributed by atoms with Gasteiger partial charge in [0, 0.05) is 0 Å². The first-order chi connectivity index (χ1) is 9.24. The van der Waals surface area contributed by atoms with Gasteiger partial charge >= 0.3 is 0 Å². The van der Waals surface area contributed by atoms with Crippen molar-refractivity contribution in [1.29, 1.82) is 0 Å². The zero-order valence-corrected chi connectivity index (χ0v) is 11.5. The standard InChI is InChI=1S/C17H20O2/c1-3-13-7-5-6-8-17(13)19-15-11-9-14(10-12-15)16(18)4-2/h5-12,16,18H,3-4H2,1-2H3/t16-/m1/s1. The van der Waals surface area contributed by atoms with E-state index >= 15 is 0 Å². The van der Waals surface area contributed by atoms with Crippen LogP contribution in [0.25, 0.3) is 0 Å². The van der Waals surface area contributed by atoms with Crippen molar-refractivity contribution in [2.45, 2.75) is 32.8 Å². The molecule has 0 radical (unpaired) electrons. The number of hydrogen-bond donors (Lipinski definition) is 1. The molecule has 0 heterocycles. The Hall–Kier alpha value is -1.80. The summed E-state index contributed by atoms with van der Waals surface area (Å²) in [7, 11) is 0. The van der Waals surface area contributed by atoms with E-state index in [1.165, 1.54) is 5.56 Å². The first kappa shape index (κ1) is 13.6. The highest BCUT2D eigenvalue weighted by atomic mass is 16.5. The minimum Gasteiger partial charge on any atom is -0.457 e. The summed E-state index contributed by atoms with van der Waals surface area (Å²) in [6.07, 6.45) is 1.28. The van der Waals surface area contributed by atoms with E-state index in [1.54, 1.807) is 0 Å². The minimum atomic E-state index is -0.392. The normalized spacial score (nSPS) is 12.2. The number of para-hydroxylation sites is 1. The van der Waals surface area contributed by atoms with Crippen molar-refractivity contribution in [3.05, 3.63) is 59.7 Å². The van der Waals surface area contributed by atoms with Crippen LogP contribution in [0.4, 0.5) is 0 Å². The predicted octanol–water partition coefficient (Wildman–Crippen LogP) is 4.48. The maximum Gasteiger partial charge on any atom is 0.130 e. The fourth-order valence-corrected chi connectivity index (χ4v) is 2.02. The van der Waals surface area contributed by atoms with E-state index in [-0.39, 0.29) is 0 Å². The lowest BCUT2D eigenvalue weighted by Crippen LogP contribution is -1.95. The van der Waals surface area contributed by atoms with Gasteiger partial charge in [-0.1, -0.05) is 44.2 Å². The number of aliphatic hydroxyl groups is 1. The van der Waals surface area contributed by atoms with Gasteiger partial charge in [0.15, 0.2) is 0 Å². The van der Waals surface area contributed by atoms with Crippen LogP contribution in [0.15, 0.2) is 48.5 Å². The molecule has 2 aromatic rings. The molecular formula is C17H20O2. The maximum absolute atomic E-state index is 9.75. The van der Waals surface area contributed by atoms with E-state index in [1.807, 2.05) is 49.4 Å². The van der Waals surface area contributed by atoms with Crippen molar-refractivity contribution < 1.29 is 9.84 Å². The van der Waals surface area contributed by atoms with E-state index in [9.17, 15) is 5.11 Å². The van der Waals surface area contributed by atoms with Gasteiger partial charge in [0.2, 0.25) is 0 Å². The second kappa shape index (κ2) is 6.39. The van der Waals surface area contributed by atoms with E-state index in [0.29, 0.717) is 0 Å². The van der Waals surface area contributed by atoms with Crippen LogP contribution in [0.1, 0.15) is 37.5 Å². The lowest BCUT2D eigenvalue weighted by molar-refractivity contribution is 0.173. The van der Waals surface area contributed by atoms with Crippen LogP contribution in [0.5, 0.6) is 11.5 Å². The molecule has 0 aliphatic heterocycles. The number of ether oxygens (including phenoxy) is 1. The summed E-state index contributed by atoms with van der Waals surface area (Å²) in [6.45, 7) is 4.08. The molecule has 2 rings (SSSR count). The third kappa shape index (κ3) is 3.36. The van der Waals surface area contributed by atoms with E-state index in [4.69, 9.17) is 4.74 Å². The molecule has 0 aliphatic rings. The molecule has 100 valence electrons. The number of aliphatic hydroxyl groups excluding tert-OH is 1. The summed E-state index contributed by atoms with van der Waals surface area (Å²) in [5.74, 6) is 1.70. The van der Waals surface area contributed by atoms with Crippen molar-refractivity contribution in [2.75, 3.05) is 0 Å². The summed E-state index contributed by atoms with van der Waals surface area (Å²) in [5.41, 5.74) is 2.12. The quantitative estimate of drug-likeness (QED) is 0.854. The van der Waals surface area contributed by atoms with Crippen molar-refractivity contribution in [3.63, 3.8) is 0 Å². The van der Waals surface area contributed by atoms with Crippen molar-refractivity contribution in [3.8, 4) is 11.5 Å². The average Bonchev–Trinajstić information content (AvgIpc) is 2.48. The fraction of sp³-hybridized carbons (Fsp3) is 0.294. The maximum atomic E-state index is 9.75. The minimum absolute atomic E-state index is 0.392. The molecular weight excluding hydrogens is 236 g/mol. The Labute approximate surface area is 114 Å². The lowest BCUT2D eigenvalue weighted by atomic mass is 10.1. The second-order valence-corrected chi connectivity index (χ2v) is 4.56. The number of rotatable bonds is 5. The fourth-order valence-electron chi connectivity index (χ4n) is 2.02. The average molecular weight is 256 g/mol. The molecule has 0 aromatic heterocycles. The smallest absolute Gasteiger partial charge is 0.130 e. The Morgan fingerprint density at radius 1 is 1.00 bits per heavy atom. The molecule has 0 spiro atoms. The number of benzene rings is 2. The monoisotopic (exact) mass is 256 g/mol. The highest BCUT2D eigenvalue weighted by Gasteiger charge is 2.06. The van der Waals surface area contributed by atoms with Gasteiger partial charge in [0.1, 0.15) is 11.5 Å². The molecule has 1 atom stereocenters. The Morgan fingerprint density at radius 2 is 1.68 bits per heavy atom. The van der Waals surface area contributed by atoms with Crippen molar-refractivity contribution in [2.24, 2.45) is 0 Å². The summed E-state index contributed by atoms with van der Waals surface area (Å²) in [4.78, 5) is 0.